The standard InChI is InChI=1S/C13H12N2O3/c1-2-15-7-6-12(14-15)13(17)18-11-5-3-4-10(8-11)9-16/h3-9H,2H2,1H3. The van der Waals surface area contributed by atoms with Gasteiger partial charge in [0.2, 0.25) is 0 Å². The second-order valence-corrected chi connectivity index (χ2v) is 3.64. The van der Waals surface area contributed by atoms with Crippen molar-refractivity contribution >= 4 is 12.3 Å². The number of benzene rings is 1. The van der Waals surface area contributed by atoms with Crippen LogP contribution in [0.5, 0.6) is 5.75 Å². The van der Waals surface area contributed by atoms with E-state index in [4.69, 9.17) is 4.74 Å². The number of hydrogen-bond donors (Lipinski definition) is 0. The Morgan fingerprint density at radius 1 is 1.44 bits per heavy atom. The molecule has 0 fully saturated rings. The zero-order valence-electron chi connectivity index (χ0n) is 9.87. The molecule has 0 radical (unpaired) electrons. The smallest absolute Gasteiger partial charge is 0.364 e. The van der Waals surface area contributed by atoms with E-state index in [0.717, 1.165) is 0 Å². The van der Waals surface area contributed by atoms with Gasteiger partial charge in [-0.1, -0.05) is 12.1 Å². The van der Waals surface area contributed by atoms with Gasteiger partial charge >= 0.3 is 5.97 Å². The van der Waals surface area contributed by atoms with Crippen molar-refractivity contribution in [3.05, 3.63) is 47.8 Å². The molecule has 5 nitrogen and oxygen atoms in total. The summed E-state index contributed by atoms with van der Waals surface area (Å²) < 4.78 is 6.76. The van der Waals surface area contributed by atoms with E-state index in [-0.39, 0.29) is 5.69 Å². The largest absolute Gasteiger partial charge is 0.422 e. The molecule has 1 aromatic heterocycles. The maximum absolute atomic E-state index is 11.8. The summed E-state index contributed by atoms with van der Waals surface area (Å²) in [5, 5.41) is 4.04. The number of aldehydes is 1. The average molecular weight is 244 g/mol. The van der Waals surface area contributed by atoms with E-state index < -0.39 is 5.97 Å². The highest BCUT2D eigenvalue weighted by molar-refractivity contribution is 5.89. The Morgan fingerprint density at radius 2 is 2.28 bits per heavy atom. The molecule has 0 atom stereocenters. The molecule has 0 saturated carbocycles. The normalized spacial score (nSPS) is 10.1. The topological polar surface area (TPSA) is 61.2 Å². The van der Waals surface area contributed by atoms with Gasteiger partial charge in [-0.15, -0.1) is 0 Å². The van der Waals surface area contributed by atoms with Crippen LogP contribution in [-0.2, 0) is 6.54 Å². The van der Waals surface area contributed by atoms with Crippen LogP contribution in [0.1, 0.15) is 27.8 Å². The molecule has 0 bridgehead atoms. The molecular formula is C13H12N2O3. The molecule has 18 heavy (non-hydrogen) atoms. The molecule has 1 heterocycles. The van der Waals surface area contributed by atoms with Crippen LogP contribution in [-0.4, -0.2) is 22.0 Å². The summed E-state index contributed by atoms with van der Waals surface area (Å²) in [6.45, 7) is 2.61. The van der Waals surface area contributed by atoms with Gasteiger partial charge in [0.1, 0.15) is 12.0 Å². The minimum Gasteiger partial charge on any atom is -0.422 e. The lowest BCUT2D eigenvalue weighted by Gasteiger charge is -2.02. The van der Waals surface area contributed by atoms with Crippen molar-refractivity contribution in [3.63, 3.8) is 0 Å². The highest BCUT2D eigenvalue weighted by Crippen LogP contribution is 2.13. The molecule has 0 spiro atoms. The highest BCUT2D eigenvalue weighted by atomic mass is 16.5. The van der Waals surface area contributed by atoms with Gasteiger partial charge in [0.15, 0.2) is 5.69 Å². The number of carbonyl (C=O) groups excluding carboxylic acids is 2. The van der Waals surface area contributed by atoms with Gasteiger partial charge < -0.3 is 4.74 Å². The fraction of sp³-hybridized carbons (Fsp3) is 0.154. The minimum atomic E-state index is -0.537. The average Bonchev–Trinajstić information content (AvgIpc) is 2.88. The van der Waals surface area contributed by atoms with E-state index in [9.17, 15) is 9.59 Å². The van der Waals surface area contributed by atoms with Crippen molar-refractivity contribution < 1.29 is 14.3 Å². The second kappa shape index (κ2) is 5.27. The van der Waals surface area contributed by atoms with Gasteiger partial charge in [-0.25, -0.2) is 4.79 Å². The lowest BCUT2D eigenvalue weighted by molar-refractivity contribution is 0.0727. The predicted molar refractivity (Wildman–Crippen MR) is 64.7 cm³/mol. The van der Waals surface area contributed by atoms with Crippen LogP contribution in [0.2, 0.25) is 0 Å². The Hall–Kier alpha value is -2.43. The number of hydrogen-bond acceptors (Lipinski definition) is 4. The van der Waals surface area contributed by atoms with Crippen molar-refractivity contribution in [1.29, 1.82) is 0 Å². The molecule has 2 aromatic rings. The fourth-order valence-corrected chi connectivity index (χ4v) is 1.46. The third-order valence-electron chi connectivity index (χ3n) is 2.38. The summed E-state index contributed by atoms with van der Waals surface area (Å²) in [6, 6.07) is 7.99. The summed E-state index contributed by atoms with van der Waals surface area (Å²) in [6.07, 6.45) is 2.40. The lowest BCUT2D eigenvalue weighted by atomic mass is 10.2. The van der Waals surface area contributed by atoms with E-state index in [1.807, 2.05) is 6.92 Å². The molecule has 0 aliphatic carbocycles. The fourth-order valence-electron chi connectivity index (χ4n) is 1.46. The summed E-state index contributed by atoms with van der Waals surface area (Å²) in [5.74, 6) is -0.208. The first-order valence-electron chi connectivity index (χ1n) is 5.54. The van der Waals surface area contributed by atoms with E-state index >= 15 is 0 Å². The Morgan fingerprint density at radius 3 is 2.94 bits per heavy atom. The molecule has 5 heteroatoms. The maximum atomic E-state index is 11.8. The number of nitrogens with zero attached hydrogens (tertiary/aromatic N) is 2. The maximum Gasteiger partial charge on any atom is 0.364 e. The van der Waals surface area contributed by atoms with Crippen molar-refractivity contribution in [2.75, 3.05) is 0 Å². The van der Waals surface area contributed by atoms with Crippen molar-refractivity contribution in [2.45, 2.75) is 13.5 Å². The Balaban J connectivity index is 2.13. The van der Waals surface area contributed by atoms with Gasteiger partial charge in [0.05, 0.1) is 0 Å². The molecule has 92 valence electrons. The van der Waals surface area contributed by atoms with Crippen LogP contribution in [0.25, 0.3) is 0 Å². The molecule has 1 aromatic carbocycles. The van der Waals surface area contributed by atoms with Gasteiger partial charge in [-0.2, -0.15) is 5.10 Å². The van der Waals surface area contributed by atoms with Crippen LogP contribution in [0, 0.1) is 0 Å². The molecule has 0 aliphatic rings. The molecular weight excluding hydrogens is 232 g/mol. The van der Waals surface area contributed by atoms with E-state index in [1.165, 1.54) is 6.07 Å². The highest BCUT2D eigenvalue weighted by Gasteiger charge is 2.12. The van der Waals surface area contributed by atoms with Crippen LogP contribution in [0.15, 0.2) is 36.5 Å². The first-order chi connectivity index (χ1) is 8.72. The molecule has 0 aliphatic heterocycles. The first-order valence-corrected chi connectivity index (χ1v) is 5.54. The van der Waals surface area contributed by atoms with Crippen LogP contribution in [0.3, 0.4) is 0 Å². The molecule has 2 rings (SSSR count). The summed E-state index contributed by atoms with van der Waals surface area (Å²) in [5.41, 5.74) is 0.702. The van der Waals surface area contributed by atoms with E-state index in [1.54, 1.807) is 35.1 Å². The van der Waals surface area contributed by atoms with Crippen molar-refractivity contribution in [1.82, 2.24) is 9.78 Å². The SMILES string of the molecule is CCn1ccc(C(=O)Oc2cccc(C=O)c2)n1. The molecule has 0 saturated heterocycles. The quantitative estimate of drug-likeness (QED) is 0.468. The molecule has 0 unspecified atom stereocenters. The van der Waals surface area contributed by atoms with Gasteiger partial charge in [-0.3, -0.25) is 9.48 Å². The number of ether oxygens (including phenoxy) is 1. The second-order valence-electron chi connectivity index (χ2n) is 3.64. The van der Waals surface area contributed by atoms with Gasteiger partial charge in [-0.05, 0) is 25.1 Å². The number of aryl methyl sites for hydroxylation is 1. The Kier molecular flexibility index (Phi) is 3.52. The van der Waals surface area contributed by atoms with Crippen LogP contribution < -0.4 is 4.74 Å². The van der Waals surface area contributed by atoms with E-state index in [2.05, 4.69) is 5.10 Å². The summed E-state index contributed by atoms with van der Waals surface area (Å²) in [4.78, 5) is 22.4. The van der Waals surface area contributed by atoms with Crippen molar-refractivity contribution in [3.8, 4) is 5.75 Å². The molecule has 0 N–H and O–H groups in total. The van der Waals surface area contributed by atoms with Gasteiger partial charge in [0.25, 0.3) is 0 Å². The van der Waals surface area contributed by atoms with Crippen LogP contribution in [0.4, 0.5) is 0 Å². The van der Waals surface area contributed by atoms with Crippen LogP contribution >= 0.6 is 0 Å². The zero-order valence-corrected chi connectivity index (χ0v) is 9.87. The predicted octanol–water partition coefficient (Wildman–Crippen LogP) is 1.93. The summed E-state index contributed by atoms with van der Waals surface area (Å²) in [7, 11) is 0. The number of esters is 1. The monoisotopic (exact) mass is 244 g/mol. The van der Waals surface area contributed by atoms with Crippen molar-refractivity contribution in [2.24, 2.45) is 0 Å². The minimum absolute atomic E-state index is 0.244. The van der Waals surface area contributed by atoms with Gasteiger partial charge in [0, 0.05) is 18.3 Å². The number of aromatic nitrogens is 2. The Labute approximate surface area is 104 Å². The molecule has 0 amide bonds. The Bertz CT molecular complexity index is 575. The zero-order chi connectivity index (χ0) is 13.0. The number of rotatable bonds is 4. The van der Waals surface area contributed by atoms with E-state index in [0.29, 0.717) is 24.1 Å². The number of carbonyl (C=O) groups is 2. The summed E-state index contributed by atoms with van der Waals surface area (Å²) >= 11 is 0. The lowest BCUT2D eigenvalue weighted by Crippen LogP contribution is -2.10. The first kappa shape index (κ1) is 12.0. The third kappa shape index (κ3) is 2.63. The third-order valence-corrected chi connectivity index (χ3v) is 2.38.